The highest BCUT2D eigenvalue weighted by molar-refractivity contribution is 7.80. The molecule has 2 aromatic rings. The third-order valence-corrected chi connectivity index (χ3v) is 5.32. The number of aromatic hydroxyl groups is 1. The highest BCUT2D eigenvalue weighted by Crippen LogP contribution is 2.12. The van der Waals surface area contributed by atoms with Gasteiger partial charge in [-0.15, -0.1) is 0 Å². The second-order valence-corrected chi connectivity index (χ2v) is 8.01. The largest absolute Gasteiger partial charge is 0.508 e. The molecule has 2 rings (SSSR count). The standard InChI is InChI=1S/C21H28N6O7S/c22-14(8-28)18(30)25-15(5-11-1-3-13(29)4-2-11)19(31)27-17(9-35)20(32)26-16(21(33)34)6-12-7-23-10-24-12/h1-4,7,10,14-17,28-29,35H,5-6,8-9,22H2,(H,23,24)(H,25,30)(H,26,32)(H,27,31)(H,33,34). The Morgan fingerprint density at radius 1 is 0.971 bits per heavy atom. The quantitative estimate of drug-likeness (QED) is 0.132. The molecule has 0 saturated carbocycles. The molecule has 4 atom stereocenters. The molecule has 0 bridgehead atoms. The second-order valence-electron chi connectivity index (χ2n) is 7.64. The fourth-order valence-corrected chi connectivity index (χ4v) is 3.25. The summed E-state index contributed by atoms with van der Waals surface area (Å²) in [7, 11) is 0. The first kappa shape index (κ1) is 27.6. The van der Waals surface area contributed by atoms with Gasteiger partial charge in [0, 0.05) is 30.5 Å². The first-order valence-electron chi connectivity index (χ1n) is 10.5. The lowest BCUT2D eigenvalue weighted by Crippen LogP contribution is -2.58. The maximum absolute atomic E-state index is 13.0. The van der Waals surface area contributed by atoms with Crippen molar-refractivity contribution in [3.05, 3.63) is 48.0 Å². The number of nitrogens with zero attached hydrogens (tertiary/aromatic N) is 1. The highest BCUT2D eigenvalue weighted by atomic mass is 32.1. The molecule has 9 N–H and O–H groups in total. The average molecular weight is 509 g/mol. The number of rotatable bonds is 13. The van der Waals surface area contributed by atoms with Crippen molar-refractivity contribution >= 4 is 36.3 Å². The van der Waals surface area contributed by atoms with E-state index in [0.29, 0.717) is 11.3 Å². The minimum atomic E-state index is -1.29. The Hall–Kier alpha value is -3.62. The van der Waals surface area contributed by atoms with Gasteiger partial charge in [0.2, 0.25) is 17.7 Å². The molecule has 4 unspecified atom stereocenters. The van der Waals surface area contributed by atoms with Gasteiger partial charge in [0.25, 0.3) is 0 Å². The molecule has 0 spiro atoms. The Morgan fingerprint density at radius 3 is 2.11 bits per heavy atom. The molecular formula is C21H28N6O7S. The molecule has 13 nitrogen and oxygen atoms in total. The predicted octanol–water partition coefficient (Wildman–Crippen LogP) is -2.31. The first-order valence-corrected chi connectivity index (χ1v) is 11.1. The molecule has 1 aromatic carbocycles. The van der Waals surface area contributed by atoms with Gasteiger partial charge in [-0.2, -0.15) is 12.6 Å². The third kappa shape index (κ3) is 8.59. The molecular weight excluding hydrogens is 480 g/mol. The topological polar surface area (TPSA) is 220 Å². The number of thiol groups is 1. The first-order chi connectivity index (χ1) is 16.6. The van der Waals surface area contributed by atoms with E-state index in [2.05, 4.69) is 38.5 Å². The van der Waals surface area contributed by atoms with Crippen molar-refractivity contribution in [3.63, 3.8) is 0 Å². The third-order valence-electron chi connectivity index (χ3n) is 4.95. The zero-order valence-electron chi connectivity index (χ0n) is 18.5. The summed E-state index contributed by atoms with van der Waals surface area (Å²) < 4.78 is 0. The molecule has 1 heterocycles. The summed E-state index contributed by atoms with van der Waals surface area (Å²) in [5, 5.41) is 35.3. The van der Waals surface area contributed by atoms with Crippen LogP contribution in [0.1, 0.15) is 11.3 Å². The number of nitrogens with two attached hydrogens (primary N) is 1. The summed E-state index contributed by atoms with van der Waals surface area (Å²) in [5.74, 6) is -3.77. The number of carbonyl (C=O) groups is 4. The van der Waals surface area contributed by atoms with Gasteiger partial charge in [0.05, 0.1) is 12.9 Å². The molecule has 0 aliphatic carbocycles. The van der Waals surface area contributed by atoms with Crippen molar-refractivity contribution < 1.29 is 34.5 Å². The van der Waals surface area contributed by atoms with Gasteiger partial charge >= 0.3 is 5.97 Å². The second kappa shape index (κ2) is 13.3. The van der Waals surface area contributed by atoms with Gasteiger partial charge in [-0.1, -0.05) is 12.1 Å². The molecule has 0 radical (unpaired) electrons. The van der Waals surface area contributed by atoms with Crippen LogP contribution < -0.4 is 21.7 Å². The molecule has 0 fully saturated rings. The van der Waals surface area contributed by atoms with Gasteiger partial charge in [-0.25, -0.2) is 9.78 Å². The number of benzene rings is 1. The zero-order chi connectivity index (χ0) is 26.0. The molecule has 0 aliphatic heterocycles. The number of aliphatic carboxylic acids is 1. The molecule has 0 saturated heterocycles. The van der Waals surface area contributed by atoms with Crippen LogP contribution in [0.25, 0.3) is 0 Å². The van der Waals surface area contributed by atoms with Crippen LogP contribution in [0.5, 0.6) is 5.75 Å². The van der Waals surface area contributed by atoms with E-state index in [1.165, 1.54) is 24.7 Å². The Labute approximate surface area is 205 Å². The molecule has 35 heavy (non-hydrogen) atoms. The van der Waals surface area contributed by atoms with Gasteiger partial charge < -0.3 is 42.0 Å². The number of aliphatic hydroxyl groups is 1. The predicted molar refractivity (Wildman–Crippen MR) is 126 cm³/mol. The summed E-state index contributed by atoms with van der Waals surface area (Å²) in [5.41, 5.74) is 6.60. The minimum Gasteiger partial charge on any atom is -0.508 e. The number of carboxylic acids is 1. The van der Waals surface area contributed by atoms with Crippen molar-refractivity contribution in [2.45, 2.75) is 37.0 Å². The van der Waals surface area contributed by atoms with Crippen molar-refractivity contribution in [3.8, 4) is 5.75 Å². The van der Waals surface area contributed by atoms with E-state index in [-0.39, 0.29) is 24.3 Å². The van der Waals surface area contributed by atoms with Crippen LogP contribution in [0.4, 0.5) is 0 Å². The number of phenolic OH excluding ortho intramolecular Hbond substituents is 1. The van der Waals surface area contributed by atoms with Crippen LogP contribution in [0.3, 0.4) is 0 Å². The molecule has 190 valence electrons. The van der Waals surface area contributed by atoms with Crippen molar-refractivity contribution in [2.75, 3.05) is 12.4 Å². The van der Waals surface area contributed by atoms with Crippen LogP contribution in [0, 0.1) is 0 Å². The number of carbonyl (C=O) groups excluding carboxylic acids is 3. The molecule has 14 heteroatoms. The van der Waals surface area contributed by atoms with Crippen LogP contribution in [0.2, 0.25) is 0 Å². The Bertz CT molecular complexity index is 1000. The van der Waals surface area contributed by atoms with Crippen LogP contribution >= 0.6 is 12.6 Å². The van der Waals surface area contributed by atoms with Crippen molar-refractivity contribution in [1.29, 1.82) is 0 Å². The van der Waals surface area contributed by atoms with E-state index < -0.39 is 54.5 Å². The maximum atomic E-state index is 13.0. The van der Waals surface area contributed by atoms with Crippen LogP contribution in [-0.4, -0.2) is 85.5 Å². The summed E-state index contributed by atoms with van der Waals surface area (Å²) >= 11 is 4.08. The maximum Gasteiger partial charge on any atom is 0.326 e. The smallest absolute Gasteiger partial charge is 0.326 e. The van der Waals surface area contributed by atoms with Gasteiger partial charge in [-0.05, 0) is 17.7 Å². The number of nitrogens with one attached hydrogen (secondary N) is 4. The summed E-state index contributed by atoms with van der Waals surface area (Å²) in [6.07, 6.45) is 2.72. The number of aromatic amines is 1. The zero-order valence-corrected chi connectivity index (χ0v) is 19.4. The summed E-state index contributed by atoms with van der Waals surface area (Å²) in [6.45, 7) is -0.645. The number of carboxylic acid groups (broad SMARTS) is 1. The SMILES string of the molecule is NC(CO)C(=O)NC(Cc1ccc(O)cc1)C(=O)NC(CS)C(=O)NC(Cc1cnc[nH]1)C(=O)O. The number of aliphatic hydroxyl groups excluding tert-OH is 1. The van der Waals surface area contributed by atoms with Gasteiger partial charge in [0.15, 0.2) is 0 Å². The number of hydrogen-bond donors (Lipinski definition) is 9. The fraction of sp³-hybridized carbons (Fsp3) is 0.381. The van der Waals surface area contributed by atoms with Crippen LogP contribution in [-0.2, 0) is 32.0 Å². The number of H-pyrrole nitrogens is 1. The van der Waals surface area contributed by atoms with E-state index in [9.17, 15) is 29.4 Å². The molecule has 0 aliphatic rings. The lowest BCUT2D eigenvalue weighted by atomic mass is 10.0. The molecule has 1 aromatic heterocycles. The normalized spacial score (nSPS) is 14.3. The van der Waals surface area contributed by atoms with Gasteiger partial charge in [-0.3, -0.25) is 14.4 Å². The Morgan fingerprint density at radius 2 is 1.57 bits per heavy atom. The number of phenols is 1. The Balaban J connectivity index is 2.12. The lowest BCUT2D eigenvalue weighted by molar-refractivity contribution is -0.142. The van der Waals surface area contributed by atoms with E-state index in [1.54, 1.807) is 12.1 Å². The fourth-order valence-electron chi connectivity index (χ4n) is 2.99. The van der Waals surface area contributed by atoms with Crippen LogP contribution in [0.15, 0.2) is 36.8 Å². The van der Waals surface area contributed by atoms with Crippen molar-refractivity contribution in [2.24, 2.45) is 5.73 Å². The number of imidazole rings is 1. The van der Waals surface area contributed by atoms with E-state index >= 15 is 0 Å². The monoisotopic (exact) mass is 508 g/mol. The minimum absolute atomic E-state index is 0.0102. The summed E-state index contributed by atoms with van der Waals surface area (Å²) in [6, 6.07) is 0.917. The lowest BCUT2D eigenvalue weighted by Gasteiger charge is -2.24. The average Bonchev–Trinajstić information content (AvgIpc) is 3.35. The molecule has 3 amide bonds. The highest BCUT2D eigenvalue weighted by Gasteiger charge is 2.30. The van der Waals surface area contributed by atoms with Crippen molar-refractivity contribution in [1.82, 2.24) is 25.9 Å². The number of hydrogen-bond acceptors (Lipinski definition) is 9. The summed E-state index contributed by atoms with van der Waals surface area (Å²) in [4.78, 5) is 56.1. The van der Waals surface area contributed by atoms with Gasteiger partial charge in [0.1, 0.15) is 29.9 Å². The van der Waals surface area contributed by atoms with E-state index in [0.717, 1.165) is 0 Å². The van der Waals surface area contributed by atoms with E-state index in [1.807, 2.05) is 0 Å². The number of aromatic nitrogens is 2. The van der Waals surface area contributed by atoms with E-state index in [4.69, 9.17) is 10.8 Å². The number of amides is 3. The Kier molecular flexibility index (Phi) is 10.5.